The highest BCUT2D eigenvalue weighted by Gasteiger charge is 2.41. The lowest BCUT2D eigenvalue weighted by Crippen LogP contribution is -2.22. The zero-order chi connectivity index (χ0) is 20.0. The van der Waals surface area contributed by atoms with Crippen molar-refractivity contribution in [3.63, 3.8) is 0 Å². The van der Waals surface area contributed by atoms with Crippen LogP contribution in [0.5, 0.6) is 0 Å². The second-order valence-electron chi connectivity index (χ2n) is 7.59. The van der Waals surface area contributed by atoms with Crippen LogP contribution in [0, 0.1) is 5.82 Å². The minimum atomic E-state index is -0.422. The predicted molar refractivity (Wildman–Crippen MR) is 107 cm³/mol. The van der Waals surface area contributed by atoms with E-state index in [0.717, 1.165) is 17.5 Å². The lowest BCUT2D eigenvalue weighted by atomic mass is 10.1. The summed E-state index contributed by atoms with van der Waals surface area (Å²) in [6.07, 6.45) is 8.10. The summed E-state index contributed by atoms with van der Waals surface area (Å²) in [5.74, 6) is 1.10. The van der Waals surface area contributed by atoms with Crippen molar-refractivity contribution < 1.29 is 9.50 Å². The largest absolute Gasteiger partial charge is 0.391 e. The number of β-amino-alcohol motifs (C(OH)–C–C–N with tert-alkyl or cyclic N) is 1. The van der Waals surface area contributed by atoms with Crippen molar-refractivity contribution in [2.45, 2.75) is 30.8 Å². The van der Waals surface area contributed by atoms with Crippen LogP contribution in [0.2, 0.25) is 5.02 Å². The standard InChI is InChI=1S/C21H19ClFN5O/c22-17-6-12(7-18(19(17)23)28-5-2-14(29)11-28)15-8-16(15)13-9-26-21(27-10-13)20-24-3-1-4-25-20/h1,3-4,6-7,9-10,14-16,29H,2,5,8,11H2/t14-,15-,16-/m0/s1. The highest BCUT2D eigenvalue weighted by atomic mass is 35.5. The van der Waals surface area contributed by atoms with E-state index < -0.39 is 11.9 Å². The first-order valence-electron chi connectivity index (χ1n) is 9.61. The molecular weight excluding hydrogens is 393 g/mol. The lowest BCUT2D eigenvalue weighted by Gasteiger charge is -2.20. The Morgan fingerprint density at radius 1 is 1.00 bits per heavy atom. The maximum atomic E-state index is 14.6. The first-order valence-corrected chi connectivity index (χ1v) is 9.99. The molecule has 29 heavy (non-hydrogen) atoms. The van der Waals surface area contributed by atoms with Gasteiger partial charge in [0.15, 0.2) is 17.5 Å². The second-order valence-corrected chi connectivity index (χ2v) is 7.99. The van der Waals surface area contributed by atoms with E-state index in [1.807, 2.05) is 23.4 Å². The third-order valence-corrected chi connectivity index (χ3v) is 5.89. The highest BCUT2D eigenvalue weighted by molar-refractivity contribution is 6.31. The minimum Gasteiger partial charge on any atom is -0.391 e. The van der Waals surface area contributed by atoms with Crippen molar-refractivity contribution in [1.29, 1.82) is 0 Å². The number of aromatic nitrogens is 4. The van der Waals surface area contributed by atoms with Gasteiger partial charge >= 0.3 is 0 Å². The summed E-state index contributed by atoms with van der Waals surface area (Å²) in [4.78, 5) is 19.0. The summed E-state index contributed by atoms with van der Waals surface area (Å²) >= 11 is 6.19. The first-order chi connectivity index (χ1) is 14.1. The van der Waals surface area contributed by atoms with Gasteiger partial charge in [0.25, 0.3) is 0 Å². The third kappa shape index (κ3) is 3.56. The number of aliphatic hydroxyl groups excluding tert-OH is 1. The number of hydrogen-bond donors (Lipinski definition) is 1. The van der Waals surface area contributed by atoms with Crippen LogP contribution in [-0.4, -0.2) is 44.2 Å². The summed E-state index contributed by atoms with van der Waals surface area (Å²) in [6.45, 7) is 1.06. The van der Waals surface area contributed by atoms with Crippen molar-refractivity contribution in [2.75, 3.05) is 18.0 Å². The molecule has 0 spiro atoms. The van der Waals surface area contributed by atoms with Crippen LogP contribution in [0.1, 0.15) is 35.8 Å². The van der Waals surface area contributed by atoms with Crippen LogP contribution in [0.4, 0.5) is 10.1 Å². The quantitative estimate of drug-likeness (QED) is 0.707. The molecule has 0 amide bonds. The molecule has 2 aromatic heterocycles. The number of nitrogens with zero attached hydrogens (tertiary/aromatic N) is 5. The summed E-state index contributed by atoms with van der Waals surface area (Å²) < 4.78 is 14.6. The van der Waals surface area contributed by atoms with Gasteiger partial charge < -0.3 is 10.0 Å². The Balaban J connectivity index is 1.36. The number of anilines is 1. The maximum Gasteiger partial charge on any atom is 0.197 e. The monoisotopic (exact) mass is 411 g/mol. The van der Waals surface area contributed by atoms with Crippen LogP contribution in [-0.2, 0) is 0 Å². The zero-order valence-corrected chi connectivity index (χ0v) is 16.3. The number of aliphatic hydroxyl groups is 1. The van der Waals surface area contributed by atoms with Gasteiger partial charge in [-0.25, -0.2) is 24.3 Å². The summed E-state index contributed by atoms with van der Waals surface area (Å²) in [5, 5.41) is 9.91. The molecule has 1 aliphatic carbocycles. The Morgan fingerprint density at radius 3 is 2.38 bits per heavy atom. The van der Waals surface area contributed by atoms with Gasteiger partial charge in [-0.1, -0.05) is 11.6 Å². The van der Waals surface area contributed by atoms with Crippen molar-refractivity contribution in [2.24, 2.45) is 0 Å². The molecule has 1 saturated carbocycles. The van der Waals surface area contributed by atoms with E-state index in [1.165, 1.54) is 0 Å². The molecule has 148 valence electrons. The van der Waals surface area contributed by atoms with E-state index in [1.54, 1.807) is 24.5 Å². The molecule has 0 radical (unpaired) electrons. The van der Waals surface area contributed by atoms with Gasteiger partial charge in [-0.05, 0) is 54.0 Å². The Labute approximate surface area is 172 Å². The van der Waals surface area contributed by atoms with Gasteiger partial charge in [-0.15, -0.1) is 0 Å². The second kappa shape index (κ2) is 7.31. The molecule has 2 fully saturated rings. The SMILES string of the molecule is O[C@H]1CCN(c2cc([C@@H]3C[C@H]3c3cnc(-c4ncccn4)nc3)cc(Cl)c2F)C1. The van der Waals surface area contributed by atoms with Crippen LogP contribution in [0.3, 0.4) is 0 Å². The van der Waals surface area contributed by atoms with Crippen molar-refractivity contribution in [1.82, 2.24) is 19.9 Å². The Bertz CT molecular complexity index is 1030. The van der Waals surface area contributed by atoms with E-state index in [4.69, 9.17) is 11.6 Å². The summed E-state index contributed by atoms with van der Waals surface area (Å²) in [5.41, 5.74) is 2.52. The Morgan fingerprint density at radius 2 is 1.69 bits per heavy atom. The molecule has 1 aromatic carbocycles. The Hall–Kier alpha value is -2.64. The van der Waals surface area contributed by atoms with Gasteiger partial charge in [0.2, 0.25) is 0 Å². The molecule has 1 N–H and O–H groups in total. The molecule has 8 heteroatoms. The summed E-state index contributed by atoms with van der Waals surface area (Å²) in [7, 11) is 0. The van der Waals surface area contributed by atoms with Crippen LogP contribution in [0.25, 0.3) is 11.6 Å². The van der Waals surface area contributed by atoms with Crippen LogP contribution in [0.15, 0.2) is 43.0 Å². The van der Waals surface area contributed by atoms with Gasteiger partial charge in [0, 0.05) is 37.9 Å². The molecule has 3 heterocycles. The summed E-state index contributed by atoms with van der Waals surface area (Å²) in [6, 6.07) is 5.33. The van der Waals surface area contributed by atoms with Crippen LogP contribution >= 0.6 is 11.6 Å². The van der Waals surface area contributed by atoms with Gasteiger partial charge in [0.05, 0.1) is 16.8 Å². The average Bonchev–Trinajstić information content (AvgIpc) is 3.44. The Kier molecular flexibility index (Phi) is 4.64. The molecule has 6 nitrogen and oxygen atoms in total. The highest BCUT2D eigenvalue weighted by Crippen LogP contribution is 2.55. The van der Waals surface area contributed by atoms with Gasteiger partial charge in [-0.3, -0.25) is 0 Å². The van der Waals surface area contributed by atoms with Crippen molar-refractivity contribution in [3.05, 3.63) is 65.0 Å². The number of rotatable bonds is 4. The molecule has 1 saturated heterocycles. The molecule has 0 unspecified atom stereocenters. The smallest absolute Gasteiger partial charge is 0.197 e. The van der Waals surface area contributed by atoms with E-state index in [-0.39, 0.29) is 16.9 Å². The topological polar surface area (TPSA) is 75.0 Å². The van der Waals surface area contributed by atoms with Gasteiger partial charge in [-0.2, -0.15) is 0 Å². The van der Waals surface area contributed by atoms with E-state index in [0.29, 0.717) is 36.8 Å². The molecule has 3 atom stereocenters. The van der Waals surface area contributed by atoms with Crippen molar-refractivity contribution >= 4 is 17.3 Å². The van der Waals surface area contributed by atoms with E-state index in [9.17, 15) is 9.50 Å². The number of benzene rings is 1. The van der Waals surface area contributed by atoms with Crippen molar-refractivity contribution in [3.8, 4) is 11.6 Å². The fourth-order valence-corrected chi connectivity index (χ4v) is 4.21. The van der Waals surface area contributed by atoms with Crippen LogP contribution < -0.4 is 4.90 Å². The first kappa shape index (κ1) is 18.4. The van der Waals surface area contributed by atoms with E-state index >= 15 is 0 Å². The third-order valence-electron chi connectivity index (χ3n) is 5.62. The zero-order valence-electron chi connectivity index (χ0n) is 15.5. The fourth-order valence-electron chi connectivity index (χ4n) is 3.99. The number of hydrogen-bond acceptors (Lipinski definition) is 6. The minimum absolute atomic E-state index is 0.123. The molecule has 0 bridgehead atoms. The molecule has 5 rings (SSSR count). The normalized spacial score (nSPS) is 23.4. The lowest BCUT2D eigenvalue weighted by molar-refractivity contribution is 0.198. The molecule has 2 aliphatic rings. The van der Waals surface area contributed by atoms with E-state index in [2.05, 4.69) is 19.9 Å². The fraction of sp³-hybridized carbons (Fsp3) is 0.333. The maximum absolute atomic E-state index is 14.6. The molecule has 3 aromatic rings. The molecular formula is C21H19ClFN5O. The van der Waals surface area contributed by atoms with Gasteiger partial charge in [0.1, 0.15) is 0 Å². The predicted octanol–water partition coefficient (Wildman–Crippen LogP) is 3.57. The molecule has 1 aliphatic heterocycles. The average molecular weight is 412 g/mol. The number of halogens is 2.